The Kier molecular flexibility index (Phi) is 39.5. The molecule has 58 heavy (non-hydrogen) atoms. The molecule has 0 unspecified atom stereocenters. The molecule has 3 atom stereocenters. The first kappa shape index (κ1) is 55.5. The summed E-state index contributed by atoms with van der Waals surface area (Å²) in [6.45, 7) is 5.23. The van der Waals surface area contributed by atoms with Crippen LogP contribution in [0.3, 0.4) is 0 Å². The summed E-state index contributed by atoms with van der Waals surface area (Å²) in [5.74, 6) is -2.44. The van der Waals surface area contributed by atoms with E-state index in [0.29, 0.717) is 13.0 Å². The van der Waals surface area contributed by atoms with E-state index in [1.54, 1.807) is 0 Å². The van der Waals surface area contributed by atoms with Crippen LogP contribution in [0, 0.1) is 0 Å². The largest absolute Gasteiger partial charge is 0.481 e. The van der Waals surface area contributed by atoms with Gasteiger partial charge in [-0.2, -0.15) is 11.8 Å². The van der Waals surface area contributed by atoms with E-state index in [9.17, 15) is 29.1 Å². The minimum Gasteiger partial charge on any atom is -0.481 e. The van der Waals surface area contributed by atoms with Gasteiger partial charge in [-0.3, -0.25) is 24.0 Å². The van der Waals surface area contributed by atoms with E-state index in [1.807, 2.05) is 0 Å². The molecular weight excluding hydrogens is 771 g/mol. The number of nitrogens with one attached hydrogen (secondary N) is 2. The Morgan fingerprint density at radius 2 is 1.09 bits per heavy atom. The van der Waals surface area contributed by atoms with Crippen molar-refractivity contribution in [3.05, 3.63) is 0 Å². The number of thioether (sulfide) groups is 1. The predicted octanol–water partition coefficient (Wildman–Crippen LogP) is 5.46. The molecule has 0 spiro atoms. The molecule has 0 saturated heterocycles. The predicted molar refractivity (Wildman–Crippen MR) is 227 cm³/mol. The summed E-state index contributed by atoms with van der Waals surface area (Å²) in [4.78, 5) is 61.0. The Morgan fingerprint density at radius 1 is 0.603 bits per heavy atom. The van der Waals surface area contributed by atoms with Gasteiger partial charge in [-0.25, -0.2) is 0 Å². The van der Waals surface area contributed by atoms with E-state index in [2.05, 4.69) is 24.5 Å². The molecular formula is C42H79N3O12S. The van der Waals surface area contributed by atoms with Crippen molar-refractivity contribution in [3.8, 4) is 0 Å². The fourth-order valence-electron chi connectivity index (χ4n) is 5.72. The van der Waals surface area contributed by atoms with Gasteiger partial charge in [-0.05, 0) is 12.8 Å². The lowest BCUT2D eigenvalue weighted by molar-refractivity contribution is -0.157. The van der Waals surface area contributed by atoms with Crippen molar-refractivity contribution in [2.24, 2.45) is 5.73 Å². The van der Waals surface area contributed by atoms with Crippen LogP contribution < -0.4 is 16.4 Å². The number of carbonyl (C=O) groups excluding carboxylic acids is 4. The number of amides is 2. The fourth-order valence-corrected chi connectivity index (χ4v) is 6.69. The first-order valence-electron chi connectivity index (χ1n) is 22.0. The highest BCUT2D eigenvalue weighted by molar-refractivity contribution is 7.99. The molecule has 0 fully saturated rings. The van der Waals surface area contributed by atoms with Crippen molar-refractivity contribution in [3.63, 3.8) is 0 Å². The third kappa shape index (κ3) is 36.6. The van der Waals surface area contributed by atoms with Gasteiger partial charge in [-0.1, -0.05) is 117 Å². The number of rotatable bonds is 43. The number of aliphatic hydroxyl groups is 1. The van der Waals surface area contributed by atoms with Crippen molar-refractivity contribution >= 4 is 41.5 Å². The highest BCUT2D eigenvalue weighted by Crippen LogP contribution is 2.15. The number of aliphatic carboxylic acids is 1. The number of unbranched alkanes of at least 4 members (excludes halogenated alkanes) is 16. The van der Waals surface area contributed by atoms with E-state index in [1.165, 1.54) is 82.4 Å². The van der Waals surface area contributed by atoms with E-state index < -0.39 is 42.6 Å². The summed E-state index contributed by atoms with van der Waals surface area (Å²) in [6, 6.07) is -2.24. The molecule has 2 amide bonds. The molecule has 0 aromatic carbocycles. The highest BCUT2D eigenvalue weighted by Gasteiger charge is 2.24. The first-order valence-corrected chi connectivity index (χ1v) is 23.1. The van der Waals surface area contributed by atoms with E-state index >= 15 is 0 Å². The molecule has 0 aromatic rings. The Bertz CT molecular complexity index is 1040. The van der Waals surface area contributed by atoms with Crippen molar-refractivity contribution in [2.75, 3.05) is 70.9 Å². The number of aliphatic hydroxyl groups excluding tert-OH is 1. The summed E-state index contributed by atoms with van der Waals surface area (Å²) >= 11 is 1.27. The van der Waals surface area contributed by atoms with Crippen LogP contribution in [0.1, 0.15) is 149 Å². The Balaban J connectivity index is 4.62. The number of hydrogen-bond acceptors (Lipinski definition) is 13. The van der Waals surface area contributed by atoms with Crippen LogP contribution in [0.2, 0.25) is 0 Å². The van der Waals surface area contributed by atoms with Gasteiger partial charge in [0.05, 0.1) is 58.7 Å². The van der Waals surface area contributed by atoms with E-state index in [4.69, 9.17) is 34.5 Å². The SMILES string of the molecule is CCCCCCCCCCCC(=O)OC[C@H](CSC[C@H](N)C(=O)N[C@@H](CO)C(=O)NCCOCCOCCOCCC(=O)O)OC(=O)CCCCCCCCCCC. The lowest BCUT2D eigenvalue weighted by atomic mass is 10.1. The van der Waals surface area contributed by atoms with Crippen molar-refractivity contribution in [2.45, 2.75) is 167 Å². The lowest BCUT2D eigenvalue weighted by Gasteiger charge is -2.20. The van der Waals surface area contributed by atoms with Gasteiger partial charge < -0.3 is 50.3 Å². The second kappa shape index (κ2) is 41.2. The summed E-state index contributed by atoms with van der Waals surface area (Å²) < 4.78 is 27.1. The monoisotopic (exact) mass is 850 g/mol. The molecule has 0 radical (unpaired) electrons. The van der Waals surface area contributed by atoms with Crippen LogP contribution in [-0.2, 0) is 47.7 Å². The van der Waals surface area contributed by atoms with Gasteiger partial charge in [0.2, 0.25) is 11.8 Å². The lowest BCUT2D eigenvalue weighted by Crippen LogP contribution is -2.54. The number of carboxylic acid groups (broad SMARTS) is 1. The smallest absolute Gasteiger partial charge is 0.306 e. The highest BCUT2D eigenvalue weighted by atomic mass is 32.2. The Labute approximate surface area is 352 Å². The number of ether oxygens (including phenoxy) is 5. The molecule has 0 bridgehead atoms. The average Bonchev–Trinajstić information content (AvgIpc) is 3.20. The standard InChI is InChI=1S/C42H79N3O12S/c1-3-5-7-9-11-13-15-17-19-21-39(49)56-32-35(57-40(50)22-20-18-16-14-12-10-8-6-4-2)33-58-34-36(43)41(51)45-37(31-46)42(52)44-24-26-54-28-30-55-29-27-53-25-23-38(47)48/h35-37,46H,3-34,43H2,1-2H3,(H,44,52)(H,45,51)(H,47,48)/t35-,36+,37+/m1/s1. The molecule has 0 aliphatic rings. The minimum atomic E-state index is -1.21. The van der Waals surface area contributed by atoms with E-state index in [-0.39, 0.29) is 82.5 Å². The average molecular weight is 850 g/mol. The molecule has 15 nitrogen and oxygen atoms in total. The van der Waals surface area contributed by atoms with Crippen LogP contribution in [0.25, 0.3) is 0 Å². The number of carboxylic acids is 1. The zero-order valence-electron chi connectivity index (χ0n) is 35.8. The van der Waals surface area contributed by atoms with Gasteiger partial charge in [0.1, 0.15) is 18.8 Å². The number of nitrogens with two attached hydrogens (primary N) is 1. The van der Waals surface area contributed by atoms with Gasteiger partial charge >= 0.3 is 17.9 Å². The summed E-state index contributed by atoms with van der Waals surface area (Å²) in [5, 5.41) is 23.4. The van der Waals surface area contributed by atoms with E-state index in [0.717, 1.165) is 44.9 Å². The second-order valence-corrected chi connectivity index (χ2v) is 15.7. The van der Waals surface area contributed by atoms with Gasteiger partial charge in [0.25, 0.3) is 0 Å². The molecule has 0 heterocycles. The third-order valence-corrected chi connectivity index (χ3v) is 10.4. The Hall–Kier alpha value is -2.50. The molecule has 340 valence electrons. The van der Waals surface area contributed by atoms with Crippen molar-refractivity contribution < 1.29 is 57.9 Å². The van der Waals surface area contributed by atoms with Gasteiger partial charge in [0.15, 0.2) is 0 Å². The van der Waals surface area contributed by atoms with Gasteiger partial charge in [-0.15, -0.1) is 0 Å². The first-order chi connectivity index (χ1) is 28.1. The summed E-state index contributed by atoms with van der Waals surface area (Å²) in [5.41, 5.74) is 6.11. The zero-order valence-corrected chi connectivity index (χ0v) is 36.6. The fraction of sp³-hybridized carbons (Fsp3) is 0.881. The van der Waals surface area contributed by atoms with Crippen LogP contribution in [0.5, 0.6) is 0 Å². The third-order valence-electron chi connectivity index (χ3n) is 9.20. The van der Waals surface area contributed by atoms with Crippen molar-refractivity contribution in [1.82, 2.24) is 10.6 Å². The minimum absolute atomic E-state index is 0.0675. The quantitative estimate of drug-likeness (QED) is 0.0380. The normalized spacial score (nSPS) is 12.8. The number of carbonyl (C=O) groups is 5. The molecule has 0 saturated carbocycles. The van der Waals surface area contributed by atoms with Crippen molar-refractivity contribution in [1.29, 1.82) is 0 Å². The summed E-state index contributed by atoms with van der Waals surface area (Å²) in [6.07, 6.45) is 20.3. The molecule has 6 N–H and O–H groups in total. The summed E-state index contributed by atoms with van der Waals surface area (Å²) in [7, 11) is 0. The molecule has 0 rings (SSSR count). The van der Waals surface area contributed by atoms with Crippen LogP contribution >= 0.6 is 11.8 Å². The van der Waals surface area contributed by atoms with Crippen LogP contribution in [0.4, 0.5) is 0 Å². The topological polar surface area (TPSA) is 222 Å². The number of hydrogen-bond donors (Lipinski definition) is 5. The molecule has 0 aliphatic carbocycles. The maximum Gasteiger partial charge on any atom is 0.306 e. The Morgan fingerprint density at radius 3 is 1.60 bits per heavy atom. The zero-order chi connectivity index (χ0) is 42.9. The molecule has 16 heteroatoms. The second-order valence-electron chi connectivity index (χ2n) is 14.6. The van der Waals surface area contributed by atoms with Crippen LogP contribution in [-0.4, -0.2) is 129 Å². The molecule has 0 aliphatic heterocycles. The molecule has 0 aromatic heterocycles. The number of esters is 2. The van der Waals surface area contributed by atoms with Crippen LogP contribution in [0.15, 0.2) is 0 Å². The maximum absolute atomic E-state index is 12.8. The maximum atomic E-state index is 12.8. The van der Waals surface area contributed by atoms with Gasteiger partial charge in [0, 0.05) is 30.9 Å².